The lowest BCUT2D eigenvalue weighted by atomic mass is 10.1. The molecular weight excluding hydrogens is 512 g/mol. The van der Waals surface area contributed by atoms with Crippen LogP contribution in [0.3, 0.4) is 0 Å². The number of nitrogens with one attached hydrogen (secondary N) is 2. The largest absolute Gasteiger partial charge is 0.484 e. The van der Waals surface area contributed by atoms with Crippen LogP contribution in [0.25, 0.3) is 0 Å². The number of nitrogens with zero attached hydrogens (tertiary/aromatic N) is 1. The average molecular weight is 536 g/mol. The number of aliphatic imine (C=N–C) groups is 1. The lowest BCUT2D eigenvalue weighted by Gasteiger charge is -2.16. The van der Waals surface area contributed by atoms with Crippen LogP contribution in [0.4, 0.5) is 13.2 Å². The van der Waals surface area contributed by atoms with E-state index >= 15 is 0 Å². The van der Waals surface area contributed by atoms with Crippen molar-refractivity contribution in [2.75, 3.05) is 13.7 Å². The molecule has 30 heavy (non-hydrogen) atoms. The molecule has 2 aromatic rings. The van der Waals surface area contributed by atoms with Gasteiger partial charge < -0.3 is 21.1 Å². The van der Waals surface area contributed by atoms with E-state index in [0.29, 0.717) is 23.6 Å². The topological polar surface area (TPSA) is 88.7 Å². The number of benzene rings is 2. The zero-order valence-electron chi connectivity index (χ0n) is 16.5. The van der Waals surface area contributed by atoms with Gasteiger partial charge in [-0.2, -0.15) is 13.2 Å². The molecule has 6 nitrogen and oxygen atoms in total. The van der Waals surface area contributed by atoms with Crippen LogP contribution in [0.1, 0.15) is 27.0 Å². The Labute approximate surface area is 190 Å². The summed E-state index contributed by atoms with van der Waals surface area (Å²) < 4.78 is 42.4. The lowest BCUT2D eigenvalue weighted by molar-refractivity contribution is -0.153. The number of nitrogens with two attached hydrogens (primary N) is 1. The predicted molar refractivity (Wildman–Crippen MR) is 120 cm³/mol. The predicted octanol–water partition coefficient (Wildman–Crippen LogP) is 3.52. The van der Waals surface area contributed by atoms with E-state index in [1.807, 2.05) is 0 Å². The molecule has 164 valence electrons. The molecule has 0 aliphatic rings. The molecule has 0 radical (unpaired) electrons. The standard InChI is InChI=1S/C20H23F3N4O2.HI/c1-13-3-6-16(17(9-13)29-12-20(21,22)23)11-27-19(25-2)26-10-14-4-7-15(8-5-14)18(24)28;/h3-9H,10-12H2,1-2H3,(H2,24,28)(H2,25,26,27);1H. The Morgan fingerprint density at radius 2 is 1.73 bits per heavy atom. The number of carbonyl (C=O) groups is 1. The first-order valence-corrected chi connectivity index (χ1v) is 8.80. The lowest BCUT2D eigenvalue weighted by Crippen LogP contribution is -2.36. The molecule has 0 aliphatic carbocycles. The fraction of sp³-hybridized carbons (Fsp3) is 0.300. The highest BCUT2D eigenvalue weighted by molar-refractivity contribution is 14.0. The maximum Gasteiger partial charge on any atom is 0.422 e. The van der Waals surface area contributed by atoms with Crippen LogP contribution in [0.2, 0.25) is 0 Å². The van der Waals surface area contributed by atoms with Crippen LogP contribution in [0, 0.1) is 6.92 Å². The minimum Gasteiger partial charge on any atom is -0.484 e. The molecule has 0 atom stereocenters. The first-order valence-electron chi connectivity index (χ1n) is 8.80. The number of halogens is 4. The number of carbonyl (C=O) groups excluding carboxylic acids is 1. The summed E-state index contributed by atoms with van der Waals surface area (Å²) in [5.74, 6) is 0.141. The zero-order chi connectivity index (χ0) is 21.4. The first kappa shape index (κ1) is 25.5. The van der Waals surface area contributed by atoms with Crippen molar-refractivity contribution < 1.29 is 22.7 Å². The summed E-state index contributed by atoms with van der Waals surface area (Å²) in [7, 11) is 1.59. The Bertz CT molecular complexity index is 871. The van der Waals surface area contributed by atoms with Crippen LogP contribution < -0.4 is 21.1 Å². The summed E-state index contributed by atoms with van der Waals surface area (Å²) in [6.07, 6.45) is -4.41. The molecule has 0 fully saturated rings. The molecule has 0 aromatic heterocycles. The van der Waals surface area contributed by atoms with Gasteiger partial charge in [0.2, 0.25) is 5.91 Å². The molecule has 2 aromatic carbocycles. The summed E-state index contributed by atoms with van der Waals surface area (Å²) in [6.45, 7) is 1.09. The van der Waals surface area contributed by atoms with Crippen LogP contribution in [0.15, 0.2) is 47.5 Å². The van der Waals surface area contributed by atoms with Gasteiger partial charge in [0.25, 0.3) is 0 Å². The Morgan fingerprint density at radius 3 is 2.30 bits per heavy atom. The van der Waals surface area contributed by atoms with E-state index in [4.69, 9.17) is 10.5 Å². The molecule has 0 unspecified atom stereocenters. The number of guanidine groups is 1. The van der Waals surface area contributed by atoms with Gasteiger partial charge in [0, 0.05) is 31.3 Å². The second-order valence-electron chi connectivity index (χ2n) is 6.36. The van der Waals surface area contributed by atoms with Gasteiger partial charge in [0.1, 0.15) is 5.75 Å². The Balaban J connectivity index is 0.00000450. The Kier molecular flexibility index (Phi) is 9.90. The normalized spacial score (nSPS) is 11.4. The number of hydrogen-bond acceptors (Lipinski definition) is 3. The maximum atomic E-state index is 12.5. The fourth-order valence-electron chi connectivity index (χ4n) is 2.47. The van der Waals surface area contributed by atoms with Crippen LogP contribution >= 0.6 is 24.0 Å². The number of hydrogen-bond donors (Lipinski definition) is 3. The SMILES string of the molecule is CN=C(NCc1ccc(C(N)=O)cc1)NCc1ccc(C)cc1OCC(F)(F)F.I. The number of primary amides is 1. The summed E-state index contributed by atoms with van der Waals surface area (Å²) in [5, 5.41) is 6.14. The number of aryl methyl sites for hydroxylation is 1. The first-order chi connectivity index (χ1) is 13.7. The van der Waals surface area contributed by atoms with E-state index in [9.17, 15) is 18.0 Å². The highest BCUT2D eigenvalue weighted by Gasteiger charge is 2.28. The van der Waals surface area contributed by atoms with Crippen molar-refractivity contribution in [3.05, 3.63) is 64.7 Å². The summed E-state index contributed by atoms with van der Waals surface area (Å²) in [6, 6.07) is 11.9. The van der Waals surface area contributed by atoms with Gasteiger partial charge in [-0.15, -0.1) is 24.0 Å². The van der Waals surface area contributed by atoms with Crippen molar-refractivity contribution in [3.63, 3.8) is 0 Å². The van der Waals surface area contributed by atoms with Crippen molar-refractivity contribution in [2.45, 2.75) is 26.2 Å². The van der Waals surface area contributed by atoms with E-state index in [1.54, 1.807) is 56.4 Å². The monoisotopic (exact) mass is 536 g/mol. The summed E-state index contributed by atoms with van der Waals surface area (Å²) in [5.41, 5.74) is 7.91. The second-order valence-corrected chi connectivity index (χ2v) is 6.36. The third-order valence-corrected chi connectivity index (χ3v) is 3.98. The van der Waals surface area contributed by atoms with Crippen molar-refractivity contribution in [1.82, 2.24) is 10.6 Å². The van der Waals surface area contributed by atoms with E-state index in [-0.39, 0.29) is 36.3 Å². The van der Waals surface area contributed by atoms with E-state index < -0.39 is 18.7 Å². The minimum absolute atomic E-state index is 0. The number of ether oxygens (including phenoxy) is 1. The van der Waals surface area contributed by atoms with Crippen molar-refractivity contribution in [3.8, 4) is 5.75 Å². The van der Waals surface area contributed by atoms with Gasteiger partial charge in [0.15, 0.2) is 12.6 Å². The Hall–Kier alpha value is -2.50. The molecule has 10 heteroatoms. The van der Waals surface area contributed by atoms with Gasteiger partial charge >= 0.3 is 6.18 Å². The minimum atomic E-state index is -4.41. The third-order valence-electron chi connectivity index (χ3n) is 3.98. The average Bonchev–Trinajstić information content (AvgIpc) is 2.67. The smallest absolute Gasteiger partial charge is 0.422 e. The molecule has 0 bridgehead atoms. The van der Waals surface area contributed by atoms with E-state index in [0.717, 1.165) is 11.1 Å². The highest BCUT2D eigenvalue weighted by atomic mass is 127. The third kappa shape index (κ3) is 8.47. The molecule has 0 saturated heterocycles. The summed E-state index contributed by atoms with van der Waals surface area (Å²) >= 11 is 0. The number of alkyl halides is 3. The number of rotatable bonds is 7. The quantitative estimate of drug-likeness (QED) is 0.287. The van der Waals surface area contributed by atoms with Crippen molar-refractivity contribution in [1.29, 1.82) is 0 Å². The molecule has 0 aliphatic heterocycles. The van der Waals surface area contributed by atoms with Gasteiger partial charge in [0.05, 0.1) is 0 Å². The van der Waals surface area contributed by atoms with Gasteiger partial charge in [-0.1, -0.05) is 24.3 Å². The Morgan fingerprint density at radius 1 is 1.10 bits per heavy atom. The summed E-state index contributed by atoms with van der Waals surface area (Å²) in [4.78, 5) is 15.2. The maximum absolute atomic E-state index is 12.5. The van der Waals surface area contributed by atoms with Crippen LogP contribution in [-0.2, 0) is 13.1 Å². The second kappa shape index (κ2) is 11.6. The molecular formula is C20H24F3IN4O2. The zero-order valence-corrected chi connectivity index (χ0v) is 18.9. The van der Waals surface area contributed by atoms with Crippen LogP contribution in [-0.4, -0.2) is 31.7 Å². The van der Waals surface area contributed by atoms with Gasteiger partial charge in [-0.25, -0.2) is 0 Å². The van der Waals surface area contributed by atoms with E-state index in [2.05, 4.69) is 15.6 Å². The van der Waals surface area contributed by atoms with Crippen molar-refractivity contribution >= 4 is 35.8 Å². The van der Waals surface area contributed by atoms with Gasteiger partial charge in [-0.3, -0.25) is 9.79 Å². The molecule has 1 amide bonds. The van der Waals surface area contributed by atoms with Gasteiger partial charge in [-0.05, 0) is 36.2 Å². The van der Waals surface area contributed by atoms with E-state index in [1.165, 1.54) is 0 Å². The molecule has 2 rings (SSSR count). The fourth-order valence-corrected chi connectivity index (χ4v) is 2.47. The highest BCUT2D eigenvalue weighted by Crippen LogP contribution is 2.23. The molecule has 0 heterocycles. The molecule has 0 spiro atoms. The molecule has 4 N–H and O–H groups in total. The van der Waals surface area contributed by atoms with Crippen LogP contribution in [0.5, 0.6) is 5.75 Å². The molecule has 0 saturated carbocycles. The number of amides is 1. The van der Waals surface area contributed by atoms with Crippen molar-refractivity contribution in [2.24, 2.45) is 10.7 Å².